The molecule has 1 fully saturated rings. The molecule has 1 aromatic carbocycles. The van der Waals surface area contributed by atoms with Gasteiger partial charge in [-0.25, -0.2) is 15.0 Å². The van der Waals surface area contributed by atoms with Gasteiger partial charge in [0.15, 0.2) is 5.96 Å². The molecule has 30 heavy (non-hydrogen) atoms. The van der Waals surface area contributed by atoms with Gasteiger partial charge < -0.3 is 15.5 Å². The Morgan fingerprint density at radius 3 is 2.43 bits per heavy atom. The second-order valence-corrected chi connectivity index (χ2v) is 7.42. The van der Waals surface area contributed by atoms with Crippen LogP contribution < -0.4 is 15.5 Å². The molecular weight excluding hydrogens is 513 g/mol. The van der Waals surface area contributed by atoms with Crippen molar-refractivity contribution in [3.8, 4) is 0 Å². The van der Waals surface area contributed by atoms with Gasteiger partial charge in [0.05, 0.1) is 6.54 Å². The Balaban J connectivity index is 0.00000320. The van der Waals surface area contributed by atoms with Crippen LogP contribution in [0.1, 0.15) is 18.9 Å². The number of piperazine rings is 1. The third kappa shape index (κ3) is 8.23. The summed E-state index contributed by atoms with van der Waals surface area (Å²) >= 11 is 5.94. The monoisotopic (exact) mass is 543 g/mol. The van der Waals surface area contributed by atoms with Crippen LogP contribution in [0.2, 0.25) is 5.02 Å². The van der Waals surface area contributed by atoms with Gasteiger partial charge in [-0.2, -0.15) is 0 Å². The second-order valence-electron chi connectivity index (χ2n) is 6.98. The molecule has 164 valence electrons. The van der Waals surface area contributed by atoms with Crippen LogP contribution in [0.5, 0.6) is 0 Å². The third-order valence-corrected chi connectivity index (χ3v) is 5.08. The van der Waals surface area contributed by atoms with E-state index in [0.29, 0.717) is 6.54 Å². The highest BCUT2D eigenvalue weighted by Gasteiger charge is 2.18. The lowest BCUT2D eigenvalue weighted by atomic mass is 10.2. The molecule has 0 amide bonds. The molecule has 2 N–H and O–H groups in total. The number of rotatable bonds is 8. The maximum absolute atomic E-state index is 5.94. The van der Waals surface area contributed by atoms with E-state index in [1.807, 2.05) is 30.3 Å². The van der Waals surface area contributed by atoms with Crippen molar-refractivity contribution in [2.45, 2.75) is 19.9 Å². The van der Waals surface area contributed by atoms with Crippen LogP contribution in [0.25, 0.3) is 0 Å². The summed E-state index contributed by atoms with van der Waals surface area (Å²) in [4.78, 5) is 18.1. The summed E-state index contributed by atoms with van der Waals surface area (Å²) in [6.07, 6.45) is 4.68. The van der Waals surface area contributed by atoms with E-state index in [-0.39, 0.29) is 24.0 Å². The zero-order chi connectivity index (χ0) is 20.3. The lowest BCUT2D eigenvalue weighted by Gasteiger charge is -2.34. The van der Waals surface area contributed by atoms with E-state index in [1.54, 1.807) is 12.4 Å². The average molecular weight is 544 g/mol. The van der Waals surface area contributed by atoms with Gasteiger partial charge in [0.2, 0.25) is 5.95 Å². The normalized spacial score (nSPS) is 14.9. The van der Waals surface area contributed by atoms with E-state index in [4.69, 9.17) is 11.6 Å². The molecule has 0 spiro atoms. The number of hydrogen-bond donors (Lipinski definition) is 2. The first kappa shape index (κ1) is 24.6. The largest absolute Gasteiger partial charge is 0.357 e. The number of nitrogens with zero attached hydrogens (tertiary/aromatic N) is 5. The van der Waals surface area contributed by atoms with Crippen molar-refractivity contribution in [2.75, 3.05) is 50.7 Å². The van der Waals surface area contributed by atoms with Gasteiger partial charge in [-0.1, -0.05) is 23.7 Å². The summed E-state index contributed by atoms with van der Waals surface area (Å²) in [5.74, 6) is 1.69. The maximum Gasteiger partial charge on any atom is 0.225 e. The van der Waals surface area contributed by atoms with Gasteiger partial charge in [0, 0.05) is 56.7 Å². The summed E-state index contributed by atoms with van der Waals surface area (Å²) in [5, 5.41) is 7.49. The minimum absolute atomic E-state index is 0. The second kappa shape index (κ2) is 13.6. The summed E-state index contributed by atoms with van der Waals surface area (Å²) in [6.45, 7) is 9.57. The third-order valence-electron chi connectivity index (χ3n) is 4.83. The summed E-state index contributed by atoms with van der Waals surface area (Å²) < 4.78 is 0. The number of benzene rings is 1. The first-order valence-electron chi connectivity index (χ1n) is 10.3. The van der Waals surface area contributed by atoms with Gasteiger partial charge in [0.25, 0.3) is 0 Å². The summed E-state index contributed by atoms with van der Waals surface area (Å²) in [7, 11) is 0. The Morgan fingerprint density at radius 1 is 1.07 bits per heavy atom. The molecule has 3 rings (SSSR count). The van der Waals surface area contributed by atoms with Crippen molar-refractivity contribution in [2.24, 2.45) is 4.99 Å². The lowest BCUT2D eigenvalue weighted by molar-refractivity contribution is 0.254. The molecule has 2 aromatic rings. The van der Waals surface area contributed by atoms with E-state index in [9.17, 15) is 0 Å². The van der Waals surface area contributed by atoms with Gasteiger partial charge >= 0.3 is 0 Å². The van der Waals surface area contributed by atoms with Gasteiger partial charge in [-0.3, -0.25) is 4.90 Å². The van der Waals surface area contributed by atoms with Crippen LogP contribution in [0.4, 0.5) is 5.95 Å². The van der Waals surface area contributed by atoms with Gasteiger partial charge in [-0.15, -0.1) is 24.0 Å². The van der Waals surface area contributed by atoms with Crippen LogP contribution in [0.3, 0.4) is 0 Å². The molecule has 0 bridgehead atoms. The predicted molar refractivity (Wildman–Crippen MR) is 135 cm³/mol. The fraction of sp³-hybridized carbons (Fsp3) is 0.476. The van der Waals surface area contributed by atoms with E-state index in [2.05, 4.69) is 42.3 Å². The molecule has 1 aromatic heterocycles. The first-order chi connectivity index (χ1) is 14.2. The maximum atomic E-state index is 5.94. The molecule has 7 nitrogen and oxygen atoms in total. The van der Waals surface area contributed by atoms with E-state index >= 15 is 0 Å². The van der Waals surface area contributed by atoms with E-state index in [0.717, 1.165) is 74.7 Å². The van der Waals surface area contributed by atoms with Gasteiger partial charge in [0.1, 0.15) is 0 Å². The summed E-state index contributed by atoms with van der Waals surface area (Å²) in [6, 6.07) is 9.67. The fourth-order valence-electron chi connectivity index (χ4n) is 3.24. The molecule has 2 heterocycles. The average Bonchev–Trinajstić information content (AvgIpc) is 2.77. The van der Waals surface area contributed by atoms with Crippen LogP contribution >= 0.6 is 35.6 Å². The zero-order valence-electron chi connectivity index (χ0n) is 17.4. The lowest BCUT2D eigenvalue weighted by Crippen LogP contribution is -2.47. The van der Waals surface area contributed by atoms with Crippen LogP contribution in [-0.2, 0) is 6.54 Å². The van der Waals surface area contributed by atoms with Crippen LogP contribution in [0, 0.1) is 0 Å². The Labute approximate surface area is 201 Å². The SMILES string of the molecule is CCNC(=NCc1ccc(Cl)cc1)NCCCN1CCN(c2ncccn2)CC1.I. The van der Waals surface area contributed by atoms with Crippen molar-refractivity contribution in [3.63, 3.8) is 0 Å². The standard InChI is InChI=1S/C21H30ClN7.HI/c1-2-23-20(27-17-18-5-7-19(22)8-6-18)24-11-4-12-28-13-15-29(16-14-28)21-25-9-3-10-26-21;/h3,5-10H,2,4,11-17H2,1H3,(H2,23,24,27);1H. The Hall–Kier alpha value is -1.65. The molecule has 1 saturated heterocycles. The van der Waals surface area contributed by atoms with Crippen molar-refractivity contribution < 1.29 is 0 Å². The van der Waals surface area contributed by atoms with Crippen LogP contribution in [-0.4, -0.2) is 66.6 Å². The van der Waals surface area contributed by atoms with Crippen molar-refractivity contribution >= 4 is 47.5 Å². The molecule has 0 radical (unpaired) electrons. The smallest absolute Gasteiger partial charge is 0.225 e. The summed E-state index contributed by atoms with van der Waals surface area (Å²) in [5.41, 5.74) is 1.15. The number of nitrogens with one attached hydrogen (secondary N) is 2. The quantitative estimate of drug-likeness (QED) is 0.231. The zero-order valence-corrected chi connectivity index (χ0v) is 20.5. The van der Waals surface area contributed by atoms with Crippen LogP contribution in [0.15, 0.2) is 47.7 Å². The van der Waals surface area contributed by atoms with Crippen molar-refractivity contribution in [3.05, 3.63) is 53.3 Å². The highest BCUT2D eigenvalue weighted by molar-refractivity contribution is 14.0. The molecule has 1 aliphatic heterocycles. The topological polar surface area (TPSA) is 68.7 Å². The number of guanidine groups is 1. The molecule has 0 aliphatic carbocycles. The highest BCUT2D eigenvalue weighted by Crippen LogP contribution is 2.11. The van der Waals surface area contributed by atoms with E-state index < -0.39 is 0 Å². The number of halogens is 2. The number of aromatic nitrogens is 2. The van der Waals surface area contributed by atoms with Crippen molar-refractivity contribution in [1.29, 1.82) is 0 Å². The minimum Gasteiger partial charge on any atom is -0.357 e. The Bertz CT molecular complexity index is 750. The number of aliphatic imine (C=N–C) groups is 1. The Kier molecular flexibility index (Phi) is 11.2. The first-order valence-corrected chi connectivity index (χ1v) is 10.6. The predicted octanol–water partition coefficient (Wildman–Crippen LogP) is 3.02. The highest BCUT2D eigenvalue weighted by atomic mass is 127. The molecule has 9 heteroatoms. The van der Waals surface area contributed by atoms with Crippen molar-refractivity contribution in [1.82, 2.24) is 25.5 Å². The van der Waals surface area contributed by atoms with Gasteiger partial charge in [-0.05, 0) is 43.7 Å². The molecule has 0 unspecified atom stereocenters. The molecule has 0 saturated carbocycles. The fourth-order valence-corrected chi connectivity index (χ4v) is 3.36. The number of anilines is 1. The number of hydrogen-bond acceptors (Lipinski definition) is 5. The molecular formula is C21H31ClIN7. The van der Waals surface area contributed by atoms with E-state index in [1.165, 1.54) is 0 Å². The molecule has 1 aliphatic rings. The Morgan fingerprint density at radius 2 is 1.77 bits per heavy atom. The molecule has 0 atom stereocenters. The minimum atomic E-state index is 0.